The number of methoxy groups -OCH3 is 1. The molecular formula is C18H21NO3S. The summed E-state index contributed by atoms with van der Waals surface area (Å²) in [5, 5.41) is 6.90. The molecule has 1 aromatic carbocycles. The highest BCUT2D eigenvalue weighted by atomic mass is 32.1. The first-order valence-electron chi connectivity index (χ1n) is 7.76. The van der Waals surface area contributed by atoms with Crippen molar-refractivity contribution in [2.24, 2.45) is 0 Å². The lowest BCUT2D eigenvalue weighted by molar-refractivity contribution is 0.0487. The van der Waals surface area contributed by atoms with E-state index in [-0.39, 0.29) is 11.3 Å². The maximum absolute atomic E-state index is 12.3. The van der Waals surface area contributed by atoms with E-state index in [1.165, 1.54) is 16.9 Å². The van der Waals surface area contributed by atoms with E-state index >= 15 is 0 Å². The van der Waals surface area contributed by atoms with E-state index in [2.05, 4.69) is 17.4 Å². The van der Waals surface area contributed by atoms with Gasteiger partial charge in [0.1, 0.15) is 5.75 Å². The number of ether oxygens (including phenoxy) is 2. The van der Waals surface area contributed by atoms with Crippen molar-refractivity contribution >= 4 is 17.2 Å². The van der Waals surface area contributed by atoms with Gasteiger partial charge in [0.15, 0.2) is 0 Å². The number of hydrogen-bond acceptors (Lipinski definition) is 4. The number of carbonyl (C=O) groups excluding carboxylic acids is 1. The summed E-state index contributed by atoms with van der Waals surface area (Å²) in [5.41, 5.74) is 1.88. The van der Waals surface area contributed by atoms with Crippen LogP contribution in [-0.4, -0.2) is 32.8 Å². The first kappa shape index (κ1) is 16.0. The molecule has 1 saturated heterocycles. The monoisotopic (exact) mass is 331 g/mol. The first-order chi connectivity index (χ1) is 11.2. The molecular weight excluding hydrogens is 310 g/mol. The van der Waals surface area contributed by atoms with Crippen LogP contribution in [0.1, 0.15) is 28.8 Å². The zero-order valence-corrected chi connectivity index (χ0v) is 14.0. The van der Waals surface area contributed by atoms with Gasteiger partial charge in [0.05, 0.1) is 7.11 Å². The van der Waals surface area contributed by atoms with Gasteiger partial charge in [0, 0.05) is 36.1 Å². The number of nitrogens with one attached hydrogen (secondary N) is 1. The Morgan fingerprint density at radius 1 is 1.26 bits per heavy atom. The lowest BCUT2D eigenvalue weighted by Crippen LogP contribution is -2.44. The lowest BCUT2D eigenvalue weighted by Gasteiger charge is -2.38. The Kier molecular flexibility index (Phi) is 4.98. The molecule has 0 radical (unpaired) electrons. The summed E-state index contributed by atoms with van der Waals surface area (Å²) in [6, 6.07) is 10.0. The second-order valence-corrected chi connectivity index (χ2v) is 6.60. The average molecular weight is 331 g/mol. The van der Waals surface area contributed by atoms with Crippen LogP contribution >= 0.6 is 11.3 Å². The van der Waals surface area contributed by atoms with Crippen LogP contribution in [0.2, 0.25) is 0 Å². The van der Waals surface area contributed by atoms with E-state index in [4.69, 9.17) is 9.47 Å². The molecule has 5 heteroatoms. The molecule has 1 fully saturated rings. The minimum atomic E-state index is -0.0732. The third-order valence-electron chi connectivity index (χ3n) is 4.52. The van der Waals surface area contributed by atoms with Crippen LogP contribution in [0.5, 0.6) is 5.75 Å². The van der Waals surface area contributed by atoms with Crippen molar-refractivity contribution in [3.05, 3.63) is 52.2 Å². The molecule has 0 spiro atoms. The molecule has 3 rings (SSSR count). The molecule has 0 saturated carbocycles. The van der Waals surface area contributed by atoms with Crippen LogP contribution in [0.25, 0.3) is 0 Å². The van der Waals surface area contributed by atoms with Crippen molar-refractivity contribution < 1.29 is 14.3 Å². The summed E-state index contributed by atoms with van der Waals surface area (Å²) in [7, 11) is 1.67. The Bertz CT molecular complexity index is 631. The summed E-state index contributed by atoms with van der Waals surface area (Å²) in [5.74, 6) is 0.837. The van der Waals surface area contributed by atoms with Crippen LogP contribution < -0.4 is 10.1 Å². The highest BCUT2D eigenvalue weighted by molar-refractivity contribution is 7.08. The summed E-state index contributed by atoms with van der Waals surface area (Å²) in [6.07, 6.45) is 1.81. The van der Waals surface area contributed by atoms with Crippen LogP contribution in [0.15, 0.2) is 41.1 Å². The number of carbonyl (C=O) groups is 1. The second kappa shape index (κ2) is 7.15. The van der Waals surface area contributed by atoms with Crippen molar-refractivity contribution in [1.29, 1.82) is 0 Å². The second-order valence-electron chi connectivity index (χ2n) is 5.82. The van der Waals surface area contributed by atoms with Crippen LogP contribution in [0, 0.1) is 0 Å². The van der Waals surface area contributed by atoms with E-state index in [1.54, 1.807) is 7.11 Å². The standard InChI is InChI=1S/C18H21NO3S/c1-21-16-4-2-15(3-5-16)18(7-9-22-10-8-18)13-19-17(20)14-6-11-23-12-14/h2-6,11-12H,7-10,13H2,1H3,(H,19,20). The van der Waals surface area contributed by atoms with E-state index in [9.17, 15) is 4.79 Å². The molecule has 0 bridgehead atoms. The summed E-state index contributed by atoms with van der Waals surface area (Å²) >= 11 is 1.53. The molecule has 0 unspecified atom stereocenters. The molecule has 122 valence electrons. The van der Waals surface area contributed by atoms with Gasteiger partial charge in [-0.3, -0.25) is 4.79 Å². The van der Waals surface area contributed by atoms with E-state index in [0.29, 0.717) is 6.54 Å². The highest BCUT2D eigenvalue weighted by Gasteiger charge is 2.35. The zero-order valence-electron chi connectivity index (χ0n) is 13.2. The van der Waals surface area contributed by atoms with E-state index in [1.807, 2.05) is 29.0 Å². The average Bonchev–Trinajstić information content (AvgIpc) is 3.15. The molecule has 2 heterocycles. The third kappa shape index (κ3) is 3.57. The Labute approximate surface area is 140 Å². The molecule has 23 heavy (non-hydrogen) atoms. The molecule has 0 aliphatic carbocycles. The fourth-order valence-electron chi connectivity index (χ4n) is 3.02. The summed E-state index contributed by atoms with van der Waals surface area (Å²) < 4.78 is 10.8. The largest absolute Gasteiger partial charge is 0.497 e. The van der Waals surface area contributed by atoms with E-state index in [0.717, 1.165) is 37.4 Å². The fraction of sp³-hybridized carbons (Fsp3) is 0.389. The van der Waals surface area contributed by atoms with Gasteiger partial charge >= 0.3 is 0 Å². The molecule has 1 aliphatic rings. The minimum absolute atomic E-state index is 0.00868. The lowest BCUT2D eigenvalue weighted by atomic mass is 9.74. The van der Waals surface area contributed by atoms with Crippen molar-refractivity contribution in [3.63, 3.8) is 0 Å². The molecule has 2 aromatic rings. The highest BCUT2D eigenvalue weighted by Crippen LogP contribution is 2.35. The van der Waals surface area contributed by atoms with Gasteiger partial charge in [0.25, 0.3) is 5.91 Å². The molecule has 1 aromatic heterocycles. The number of thiophene rings is 1. The summed E-state index contributed by atoms with van der Waals surface area (Å²) in [6.45, 7) is 2.07. The van der Waals surface area contributed by atoms with Gasteiger partial charge in [-0.1, -0.05) is 12.1 Å². The Hall–Kier alpha value is -1.85. The smallest absolute Gasteiger partial charge is 0.252 e. The van der Waals surface area contributed by atoms with Crippen molar-refractivity contribution in [3.8, 4) is 5.75 Å². The first-order valence-corrected chi connectivity index (χ1v) is 8.70. The predicted octanol–water partition coefficient (Wildman–Crippen LogP) is 3.23. The molecule has 1 amide bonds. The molecule has 4 nitrogen and oxygen atoms in total. The molecule has 1 aliphatic heterocycles. The topological polar surface area (TPSA) is 47.6 Å². The normalized spacial score (nSPS) is 16.7. The quantitative estimate of drug-likeness (QED) is 0.915. The molecule has 0 atom stereocenters. The van der Waals surface area contributed by atoms with Crippen molar-refractivity contribution in [2.75, 3.05) is 26.9 Å². The SMILES string of the molecule is COc1ccc(C2(CNC(=O)c3ccsc3)CCOCC2)cc1. The van der Waals surface area contributed by atoms with Crippen molar-refractivity contribution in [2.45, 2.75) is 18.3 Å². The van der Waals surface area contributed by atoms with Crippen molar-refractivity contribution in [1.82, 2.24) is 5.32 Å². The van der Waals surface area contributed by atoms with Gasteiger partial charge in [-0.25, -0.2) is 0 Å². The van der Waals surface area contributed by atoms with Crippen LogP contribution in [0.3, 0.4) is 0 Å². The Morgan fingerprint density at radius 3 is 2.61 bits per heavy atom. The molecule has 1 N–H and O–H groups in total. The van der Waals surface area contributed by atoms with Gasteiger partial charge in [-0.15, -0.1) is 0 Å². The number of hydrogen-bond donors (Lipinski definition) is 1. The van der Waals surface area contributed by atoms with Crippen LogP contribution in [-0.2, 0) is 10.2 Å². The maximum atomic E-state index is 12.3. The Morgan fingerprint density at radius 2 is 2.00 bits per heavy atom. The number of benzene rings is 1. The zero-order chi connectivity index (χ0) is 16.1. The van der Waals surface area contributed by atoms with Gasteiger partial charge in [-0.05, 0) is 42.0 Å². The van der Waals surface area contributed by atoms with Gasteiger partial charge < -0.3 is 14.8 Å². The maximum Gasteiger partial charge on any atom is 0.252 e. The van der Waals surface area contributed by atoms with Gasteiger partial charge in [0.2, 0.25) is 0 Å². The number of rotatable bonds is 5. The fourth-order valence-corrected chi connectivity index (χ4v) is 3.66. The van der Waals surface area contributed by atoms with E-state index < -0.39 is 0 Å². The third-order valence-corrected chi connectivity index (χ3v) is 5.21. The Balaban J connectivity index is 1.77. The van der Waals surface area contributed by atoms with Gasteiger partial charge in [-0.2, -0.15) is 11.3 Å². The minimum Gasteiger partial charge on any atom is -0.497 e. The number of amides is 1. The predicted molar refractivity (Wildman–Crippen MR) is 91.4 cm³/mol. The summed E-state index contributed by atoms with van der Waals surface area (Å²) in [4.78, 5) is 12.3. The van der Waals surface area contributed by atoms with Crippen LogP contribution in [0.4, 0.5) is 0 Å².